The number of hydrogen-bond acceptors (Lipinski definition) is 3. The molecule has 0 N–H and O–H groups in total. The highest BCUT2D eigenvalue weighted by Crippen LogP contribution is 2.38. The predicted octanol–water partition coefficient (Wildman–Crippen LogP) is 4.50. The van der Waals surface area contributed by atoms with Gasteiger partial charge in [-0.25, -0.2) is 0 Å². The molecule has 116 valence electrons. The Bertz CT molecular complexity index is 662. The van der Waals surface area contributed by atoms with Crippen LogP contribution >= 0.6 is 0 Å². The highest BCUT2D eigenvalue weighted by molar-refractivity contribution is 5.73. The second-order valence-electron chi connectivity index (χ2n) is 5.14. The topological polar surface area (TPSA) is 27.7 Å². The SMILES string of the molecule is COc1cc(/C=C/c2ccc(C)c(C)c2)cc(OC)c1OC. The third kappa shape index (κ3) is 3.42. The van der Waals surface area contributed by atoms with E-state index in [0.29, 0.717) is 17.2 Å². The standard InChI is InChI=1S/C19H22O3/c1-13-6-7-15(10-14(13)2)8-9-16-11-17(20-3)19(22-5)18(12-16)21-4/h6-12H,1-5H3/b9-8+. The van der Waals surface area contributed by atoms with Crippen LogP contribution in [0.2, 0.25) is 0 Å². The molecule has 0 radical (unpaired) electrons. The molecule has 0 unspecified atom stereocenters. The smallest absolute Gasteiger partial charge is 0.203 e. The summed E-state index contributed by atoms with van der Waals surface area (Å²) in [6.07, 6.45) is 4.11. The summed E-state index contributed by atoms with van der Waals surface area (Å²) in [5.41, 5.74) is 4.74. The van der Waals surface area contributed by atoms with E-state index in [1.54, 1.807) is 21.3 Å². The van der Waals surface area contributed by atoms with Crippen LogP contribution in [0.3, 0.4) is 0 Å². The van der Waals surface area contributed by atoms with E-state index in [1.165, 1.54) is 11.1 Å². The zero-order chi connectivity index (χ0) is 16.1. The highest BCUT2D eigenvalue weighted by atomic mass is 16.5. The summed E-state index contributed by atoms with van der Waals surface area (Å²) in [5, 5.41) is 0. The third-order valence-corrected chi connectivity index (χ3v) is 3.69. The molecule has 3 nitrogen and oxygen atoms in total. The van der Waals surface area contributed by atoms with Crippen LogP contribution < -0.4 is 14.2 Å². The Balaban J connectivity index is 2.36. The molecule has 0 fully saturated rings. The van der Waals surface area contributed by atoms with E-state index < -0.39 is 0 Å². The Labute approximate surface area is 132 Å². The molecular formula is C19H22O3. The summed E-state index contributed by atoms with van der Waals surface area (Å²) in [6, 6.07) is 10.3. The van der Waals surface area contributed by atoms with Crippen molar-refractivity contribution in [2.24, 2.45) is 0 Å². The molecule has 0 heterocycles. The fraction of sp³-hybridized carbons (Fsp3) is 0.263. The van der Waals surface area contributed by atoms with Crippen molar-refractivity contribution in [2.45, 2.75) is 13.8 Å². The van der Waals surface area contributed by atoms with Gasteiger partial charge in [-0.2, -0.15) is 0 Å². The Kier molecular flexibility index (Phi) is 5.10. The second kappa shape index (κ2) is 7.03. The molecule has 3 heteroatoms. The number of benzene rings is 2. The average Bonchev–Trinajstić information content (AvgIpc) is 2.54. The summed E-state index contributed by atoms with van der Waals surface area (Å²) in [7, 11) is 4.84. The highest BCUT2D eigenvalue weighted by Gasteiger charge is 2.11. The molecule has 0 amide bonds. The quantitative estimate of drug-likeness (QED) is 0.761. The maximum atomic E-state index is 5.37. The van der Waals surface area contributed by atoms with Gasteiger partial charge in [0, 0.05) is 0 Å². The Hall–Kier alpha value is -2.42. The zero-order valence-corrected chi connectivity index (χ0v) is 13.8. The normalized spacial score (nSPS) is 10.8. The molecule has 0 atom stereocenters. The largest absolute Gasteiger partial charge is 0.493 e. The summed E-state index contributed by atoms with van der Waals surface area (Å²) >= 11 is 0. The number of aryl methyl sites for hydroxylation is 2. The van der Waals surface area contributed by atoms with Crippen molar-refractivity contribution in [1.82, 2.24) is 0 Å². The molecule has 0 saturated heterocycles. The minimum atomic E-state index is 0.605. The lowest BCUT2D eigenvalue weighted by atomic mass is 10.1. The van der Waals surface area contributed by atoms with Gasteiger partial charge in [0.25, 0.3) is 0 Å². The van der Waals surface area contributed by atoms with E-state index in [1.807, 2.05) is 18.2 Å². The van der Waals surface area contributed by atoms with Crippen LogP contribution in [0.1, 0.15) is 22.3 Å². The van der Waals surface area contributed by atoms with Crippen LogP contribution in [0.15, 0.2) is 30.3 Å². The van der Waals surface area contributed by atoms with Crippen molar-refractivity contribution in [2.75, 3.05) is 21.3 Å². The molecular weight excluding hydrogens is 276 g/mol. The number of hydrogen-bond donors (Lipinski definition) is 0. The molecule has 0 aliphatic rings. The lowest BCUT2D eigenvalue weighted by molar-refractivity contribution is 0.324. The van der Waals surface area contributed by atoms with Gasteiger partial charge in [0.15, 0.2) is 11.5 Å². The first-order valence-electron chi connectivity index (χ1n) is 7.14. The van der Waals surface area contributed by atoms with Crippen LogP contribution in [-0.4, -0.2) is 21.3 Å². The van der Waals surface area contributed by atoms with Crippen molar-refractivity contribution >= 4 is 12.2 Å². The third-order valence-electron chi connectivity index (χ3n) is 3.69. The van der Waals surface area contributed by atoms with E-state index in [4.69, 9.17) is 14.2 Å². The molecule has 0 aromatic heterocycles. The maximum absolute atomic E-state index is 5.37. The van der Waals surface area contributed by atoms with Crippen LogP contribution in [0.25, 0.3) is 12.2 Å². The lowest BCUT2D eigenvalue weighted by Gasteiger charge is -2.12. The minimum absolute atomic E-state index is 0.605. The van der Waals surface area contributed by atoms with E-state index in [0.717, 1.165) is 11.1 Å². The average molecular weight is 298 g/mol. The minimum Gasteiger partial charge on any atom is -0.493 e. The van der Waals surface area contributed by atoms with Crippen LogP contribution in [0.5, 0.6) is 17.2 Å². The summed E-state index contributed by atoms with van der Waals surface area (Å²) in [5.74, 6) is 1.91. The van der Waals surface area contributed by atoms with Gasteiger partial charge < -0.3 is 14.2 Å². The van der Waals surface area contributed by atoms with Gasteiger partial charge in [-0.3, -0.25) is 0 Å². The first-order chi connectivity index (χ1) is 10.6. The van der Waals surface area contributed by atoms with E-state index >= 15 is 0 Å². The Morgan fingerprint density at radius 1 is 0.682 bits per heavy atom. The predicted molar refractivity (Wildman–Crippen MR) is 90.9 cm³/mol. The first-order valence-corrected chi connectivity index (χ1v) is 7.14. The maximum Gasteiger partial charge on any atom is 0.203 e. The van der Waals surface area contributed by atoms with Crippen molar-refractivity contribution < 1.29 is 14.2 Å². The molecule has 0 saturated carbocycles. The van der Waals surface area contributed by atoms with Gasteiger partial charge in [-0.1, -0.05) is 30.4 Å². The molecule has 0 aliphatic heterocycles. The summed E-state index contributed by atoms with van der Waals surface area (Å²) < 4.78 is 16.1. The van der Waals surface area contributed by atoms with E-state index in [2.05, 4.69) is 38.1 Å². The molecule has 22 heavy (non-hydrogen) atoms. The Morgan fingerprint density at radius 2 is 1.27 bits per heavy atom. The fourth-order valence-electron chi connectivity index (χ4n) is 2.26. The van der Waals surface area contributed by atoms with Crippen LogP contribution in [0.4, 0.5) is 0 Å². The van der Waals surface area contributed by atoms with Crippen molar-refractivity contribution in [1.29, 1.82) is 0 Å². The fourth-order valence-corrected chi connectivity index (χ4v) is 2.26. The number of rotatable bonds is 5. The van der Waals surface area contributed by atoms with Gasteiger partial charge in [0.1, 0.15) is 0 Å². The zero-order valence-electron chi connectivity index (χ0n) is 13.8. The summed E-state index contributed by atoms with van der Waals surface area (Å²) in [4.78, 5) is 0. The number of methoxy groups -OCH3 is 3. The molecule has 0 spiro atoms. The van der Waals surface area contributed by atoms with E-state index in [9.17, 15) is 0 Å². The molecule has 2 aromatic rings. The molecule has 2 aromatic carbocycles. The monoisotopic (exact) mass is 298 g/mol. The van der Waals surface area contributed by atoms with Gasteiger partial charge in [0.05, 0.1) is 21.3 Å². The lowest BCUT2D eigenvalue weighted by Crippen LogP contribution is -1.95. The van der Waals surface area contributed by atoms with Crippen LogP contribution in [-0.2, 0) is 0 Å². The van der Waals surface area contributed by atoms with E-state index in [-0.39, 0.29) is 0 Å². The van der Waals surface area contributed by atoms with Gasteiger partial charge >= 0.3 is 0 Å². The van der Waals surface area contributed by atoms with Crippen molar-refractivity contribution in [3.05, 3.63) is 52.6 Å². The molecule has 0 bridgehead atoms. The Morgan fingerprint density at radius 3 is 1.77 bits per heavy atom. The second-order valence-corrected chi connectivity index (χ2v) is 5.14. The van der Waals surface area contributed by atoms with Crippen molar-refractivity contribution in [3.63, 3.8) is 0 Å². The van der Waals surface area contributed by atoms with Gasteiger partial charge in [0.2, 0.25) is 5.75 Å². The first kappa shape index (κ1) is 16.0. The van der Waals surface area contributed by atoms with Crippen LogP contribution in [0, 0.1) is 13.8 Å². The van der Waals surface area contributed by atoms with Gasteiger partial charge in [-0.05, 0) is 48.2 Å². The van der Waals surface area contributed by atoms with Gasteiger partial charge in [-0.15, -0.1) is 0 Å². The number of ether oxygens (including phenoxy) is 3. The van der Waals surface area contributed by atoms with Crippen molar-refractivity contribution in [3.8, 4) is 17.2 Å². The molecule has 0 aliphatic carbocycles. The molecule has 2 rings (SSSR count). The summed E-state index contributed by atoms with van der Waals surface area (Å²) in [6.45, 7) is 4.23.